The highest BCUT2D eigenvalue weighted by Crippen LogP contribution is 2.30. The zero-order valence-electron chi connectivity index (χ0n) is 14.7. The van der Waals surface area contributed by atoms with Crippen LogP contribution in [0.1, 0.15) is 19.8 Å². The summed E-state index contributed by atoms with van der Waals surface area (Å²) >= 11 is 11.1. The molecule has 2 aromatic rings. The molecule has 0 bridgehead atoms. The molecule has 0 aliphatic heterocycles. The van der Waals surface area contributed by atoms with E-state index in [1.54, 1.807) is 0 Å². The maximum absolute atomic E-state index is 14.4. The highest BCUT2D eigenvalue weighted by molar-refractivity contribution is 7.92. The molecule has 1 atom stereocenters. The third-order valence-corrected chi connectivity index (χ3v) is 7.64. The molecule has 0 saturated carbocycles. The predicted molar refractivity (Wildman–Crippen MR) is 112 cm³/mol. The van der Waals surface area contributed by atoms with Gasteiger partial charge in [0.1, 0.15) is 28.5 Å². The summed E-state index contributed by atoms with van der Waals surface area (Å²) in [7, 11) is -4.00. The van der Waals surface area contributed by atoms with Gasteiger partial charge in [0.2, 0.25) is 0 Å². The molecule has 0 heterocycles. The fourth-order valence-corrected chi connectivity index (χ4v) is 5.07. The van der Waals surface area contributed by atoms with Crippen molar-refractivity contribution in [3.8, 4) is 0 Å². The Hall–Kier alpha value is -0.990. The number of benzene rings is 2. The van der Waals surface area contributed by atoms with Crippen LogP contribution in [0.4, 0.5) is 10.1 Å². The van der Waals surface area contributed by atoms with E-state index in [1.807, 2.05) is 6.92 Å². The van der Waals surface area contributed by atoms with Crippen LogP contribution in [0.3, 0.4) is 0 Å². The number of unbranched alkanes of at least 4 members (excludes halogenated alkanes) is 1. The van der Waals surface area contributed by atoms with Crippen LogP contribution in [-0.2, 0) is 21.2 Å². The van der Waals surface area contributed by atoms with Crippen molar-refractivity contribution >= 4 is 50.1 Å². The molecule has 0 aromatic heterocycles. The molecular weight excluding hydrogens is 432 g/mol. The summed E-state index contributed by atoms with van der Waals surface area (Å²) < 4.78 is 51.3. The number of rotatable bonds is 9. The van der Waals surface area contributed by atoms with Gasteiger partial charge in [-0.25, -0.2) is 12.8 Å². The quantitative estimate of drug-likeness (QED) is 0.419. The Morgan fingerprint density at radius 1 is 1.07 bits per heavy atom. The number of hydrogen-bond acceptors (Lipinski definition) is 3. The minimum Gasteiger partial charge on any atom is -0.263 e. The molecule has 2 rings (SSSR count). The normalized spacial score (nSPS) is 12.8. The first kappa shape index (κ1) is 22.3. The van der Waals surface area contributed by atoms with E-state index < -0.39 is 27.0 Å². The van der Waals surface area contributed by atoms with Crippen molar-refractivity contribution in [2.75, 3.05) is 22.4 Å². The number of sulfonamides is 1. The van der Waals surface area contributed by atoms with Gasteiger partial charge in [0.25, 0.3) is 10.0 Å². The molecule has 0 aliphatic rings. The topological polar surface area (TPSA) is 57.6 Å². The van der Waals surface area contributed by atoms with E-state index >= 15 is 0 Å². The minimum absolute atomic E-state index is 0.0155. The maximum Gasteiger partial charge on any atom is 0.264 e. The second-order valence-corrected chi connectivity index (χ2v) is 10.4. The lowest BCUT2D eigenvalue weighted by Gasteiger charge is -2.25. The van der Waals surface area contributed by atoms with Crippen molar-refractivity contribution in [2.45, 2.75) is 24.7 Å². The number of nitrogens with zero attached hydrogens (tertiary/aromatic N) is 1. The van der Waals surface area contributed by atoms with Crippen LogP contribution in [0.25, 0.3) is 0 Å². The van der Waals surface area contributed by atoms with E-state index in [4.69, 9.17) is 23.2 Å². The smallest absolute Gasteiger partial charge is 0.263 e. The van der Waals surface area contributed by atoms with Gasteiger partial charge in [-0.15, -0.1) is 0 Å². The zero-order valence-corrected chi connectivity index (χ0v) is 17.9. The summed E-state index contributed by atoms with van der Waals surface area (Å²) in [5, 5.41) is 0.648. The summed E-state index contributed by atoms with van der Waals surface area (Å²) in [6.07, 6.45) is 1.10. The summed E-state index contributed by atoms with van der Waals surface area (Å²) in [5.74, 6) is 0.575. The molecule has 1 N–H and O–H groups in total. The maximum atomic E-state index is 14.4. The summed E-state index contributed by atoms with van der Waals surface area (Å²) in [6, 6.07) is 9.52. The molecule has 0 aliphatic carbocycles. The van der Waals surface area contributed by atoms with Crippen LogP contribution in [0.5, 0.6) is 0 Å². The van der Waals surface area contributed by atoms with Gasteiger partial charge in [-0.2, -0.15) is 4.55 Å². The second kappa shape index (κ2) is 9.98. The first-order chi connectivity index (χ1) is 12.8. The molecule has 1 unspecified atom stereocenters. The fourth-order valence-electron chi connectivity index (χ4n) is 2.45. The lowest BCUT2D eigenvalue weighted by atomic mass is 10.3. The Kier molecular flexibility index (Phi) is 8.24. The van der Waals surface area contributed by atoms with Gasteiger partial charge in [0.05, 0.1) is 10.6 Å². The molecule has 0 amide bonds. The van der Waals surface area contributed by atoms with E-state index in [0.29, 0.717) is 29.4 Å². The Bertz CT molecular complexity index is 863. The predicted octanol–water partition coefficient (Wildman–Crippen LogP) is 5.22. The van der Waals surface area contributed by atoms with E-state index in [1.165, 1.54) is 36.4 Å². The molecule has 27 heavy (non-hydrogen) atoms. The van der Waals surface area contributed by atoms with Gasteiger partial charge in [-0.3, -0.25) is 4.31 Å². The van der Waals surface area contributed by atoms with Crippen LogP contribution in [0.15, 0.2) is 47.4 Å². The number of anilines is 1. The SMILES string of the molecule is CC[S+](O)CCCCN(c1cc(Cl)ccc1F)S(=O)(=O)c1ccc(Cl)cc1. The molecule has 0 fully saturated rings. The first-order valence-corrected chi connectivity index (χ1v) is 12.1. The van der Waals surface area contributed by atoms with E-state index in [-0.39, 0.29) is 22.2 Å². The summed E-state index contributed by atoms with van der Waals surface area (Å²) in [6.45, 7) is 1.96. The van der Waals surface area contributed by atoms with E-state index in [0.717, 1.165) is 10.4 Å². The van der Waals surface area contributed by atoms with Crippen molar-refractivity contribution in [3.63, 3.8) is 0 Å². The highest BCUT2D eigenvalue weighted by Gasteiger charge is 2.27. The molecule has 4 nitrogen and oxygen atoms in total. The van der Waals surface area contributed by atoms with Gasteiger partial charge >= 0.3 is 0 Å². The molecule has 148 valence electrons. The van der Waals surface area contributed by atoms with Gasteiger partial charge in [0.15, 0.2) is 0 Å². The van der Waals surface area contributed by atoms with Crippen LogP contribution in [-0.4, -0.2) is 31.0 Å². The Labute approximate surface area is 172 Å². The van der Waals surface area contributed by atoms with Crippen molar-refractivity contribution in [2.24, 2.45) is 0 Å². The van der Waals surface area contributed by atoms with Crippen LogP contribution in [0.2, 0.25) is 10.0 Å². The molecular formula is C18H21Cl2FNO3S2+. The Morgan fingerprint density at radius 3 is 2.33 bits per heavy atom. The average molecular weight is 453 g/mol. The van der Waals surface area contributed by atoms with Crippen LogP contribution in [0, 0.1) is 5.82 Å². The highest BCUT2D eigenvalue weighted by atomic mass is 35.5. The van der Waals surface area contributed by atoms with Crippen LogP contribution >= 0.6 is 23.2 Å². The second-order valence-electron chi connectivity index (χ2n) is 5.79. The zero-order chi connectivity index (χ0) is 20.0. The van der Waals surface area contributed by atoms with Crippen molar-refractivity contribution in [3.05, 3.63) is 58.3 Å². The lowest BCUT2D eigenvalue weighted by Crippen LogP contribution is -2.33. The summed E-state index contributed by atoms with van der Waals surface area (Å²) in [5.41, 5.74) is -0.101. The van der Waals surface area contributed by atoms with Gasteiger partial charge in [-0.1, -0.05) is 23.2 Å². The van der Waals surface area contributed by atoms with Crippen molar-refractivity contribution < 1.29 is 17.4 Å². The molecule has 0 spiro atoms. The number of halogens is 3. The fraction of sp³-hybridized carbons (Fsp3) is 0.333. The van der Waals surface area contributed by atoms with Gasteiger partial charge < -0.3 is 0 Å². The molecule has 0 saturated heterocycles. The third-order valence-electron chi connectivity index (χ3n) is 3.90. The van der Waals surface area contributed by atoms with Crippen LogP contribution < -0.4 is 4.31 Å². The van der Waals surface area contributed by atoms with Crippen molar-refractivity contribution in [1.29, 1.82) is 0 Å². The molecule has 0 radical (unpaired) electrons. The van der Waals surface area contributed by atoms with E-state index in [2.05, 4.69) is 0 Å². The number of hydrogen-bond donors (Lipinski definition) is 1. The first-order valence-electron chi connectivity index (χ1n) is 8.35. The standard InChI is InChI=1S/C18H21Cl2FNO3S2/c1-2-26(23)12-4-3-11-22(18-13-15(20)7-10-17(18)21)27(24,25)16-8-5-14(19)6-9-16/h5-10,13,23H,2-4,11-12H2,1H3/q+1. The largest absolute Gasteiger partial charge is 0.264 e. The van der Waals surface area contributed by atoms with E-state index in [9.17, 15) is 17.4 Å². The Morgan fingerprint density at radius 2 is 1.70 bits per heavy atom. The third kappa shape index (κ3) is 5.99. The Balaban J connectivity index is 2.34. The minimum atomic E-state index is -4.00. The lowest BCUT2D eigenvalue weighted by molar-refractivity contribution is 0.582. The molecule has 2 aromatic carbocycles. The monoisotopic (exact) mass is 452 g/mol. The average Bonchev–Trinajstić information content (AvgIpc) is 2.64. The van der Waals surface area contributed by atoms with Gasteiger partial charge in [-0.05, 0) is 62.2 Å². The van der Waals surface area contributed by atoms with Gasteiger partial charge in [0, 0.05) is 16.6 Å². The summed E-state index contributed by atoms with van der Waals surface area (Å²) in [4.78, 5) is 0.0155. The van der Waals surface area contributed by atoms with Crippen molar-refractivity contribution in [1.82, 2.24) is 0 Å². The molecule has 9 heteroatoms.